The molecule has 0 bridgehead atoms. The van der Waals surface area contributed by atoms with E-state index in [0.29, 0.717) is 11.8 Å². The summed E-state index contributed by atoms with van der Waals surface area (Å²) < 4.78 is 0. The molecule has 0 unspecified atom stereocenters. The lowest BCUT2D eigenvalue weighted by Gasteiger charge is -2.35. The first-order valence-electron chi connectivity index (χ1n) is 8.89. The number of nitrogens with zero attached hydrogens (tertiary/aromatic N) is 5. The number of hydrogen-bond acceptors (Lipinski definition) is 3. The van der Waals surface area contributed by atoms with Crippen molar-refractivity contribution in [2.75, 3.05) is 67.5 Å². The molecule has 2 aliphatic rings. The normalized spacial score (nSPS) is 19.7. The molecule has 0 N–H and O–H groups in total. The van der Waals surface area contributed by atoms with E-state index in [1.54, 1.807) is 0 Å². The molecular weight excluding hydrogens is 290 g/mol. The second-order valence-electron chi connectivity index (χ2n) is 7.12. The van der Waals surface area contributed by atoms with Crippen LogP contribution in [-0.4, -0.2) is 98.9 Å². The van der Waals surface area contributed by atoms with E-state index in [2.05, 4.69) is 14.8 Å². The number of carbonyl (C=O) groups excluding carboxylic acids is 1. The third kappa shape index (κ3) is 5.09. The smallest absolute Gasteiger partial charge is 0.225 e. The number of amides is 1. The van der Waals surface area contributed by atoms with Crippen LogP contribution in [0, 0.1) is 5.92 Å². The number of hydrogen-bond donors (Lipinski definition) is 0. The van der Waals surface area contributed by atoms with Crippen molar-refractivity contribution in [3.05, 3.63) is 0 Å². The van der Waals surface area contributed by atoms with E-state index in [4.69, 9.17) is 0 Å². The second-order valence-corrected chi connectivity index (χ2v) is 7.12. The third-order valence-corrected chi connectivity index (χ3v) is 4.86. The van der Waals surface area contributed by atoms with Gasteiger partial charge in [-0.3, -0.25) is 14.7 Å². The van der Waals surface area contributed by atoms with Gasteiger partial charge < -0.3 is 14.7 Å². The Kier molecular flexibility index (Phi) is 6.69. The largest absolute Gasteiger partial charge is 0.349 e. The van der Waals surface area contributed by atoms with Crippen LogP contribution in [0.25, 0.3) is 0 Å². The van der Waals surface area contributed by atoms with Crippen molar-refractivity contribution in [3.8, 4) is 0 Å². The quantitative estimate of drug-likeness (QED) is 0.567. The molecule has 2 rings (SSSR count). The van der Waals surface area contributed by atoms with E-state index in [9.17, 15) is 4.79 Å². The zero-order valence-electron chi connectivity index (χ0n) is 15.3. The monoisotopic (exact) mass is 323 g/mol. The Hall–Kier alpha value is -1.30. The molecule has 1 saturated heterocycles. The van der Waals surface area contributed by atoms with Crippen LogP contribution in [0.5, 0.6) is 0 Å². The van der Waals surface area contributed by atoms with Gasteiger partial charge in [-0.15, -0.1) is 0 Å². The molecular formula is C17H33N5O. The molecule has 1 aliphatic heterocycles. The van der Waals surface area contributed by atoms with E-state index in [1.165, 1.54) is 12.8 Å². The fourth-order valence-corrected chi connectivity index (χ4v) is 3.60. The molecule has 1 amide bonds. The Morgan fingerprint density at radius 3 is 2.09 bits per heavy atom. The van der Waals surface area contributed by atoms with Gasteiger partial charge in [0.2, 0.25) is 5.91 Å². The van der Waals surface area contributed by atoms with Gasteiger partial charge in [0.15, 0.2) is 5.96 Å². The van der Waals surface area contributed by atoms with Crippen LogP contribution >= 0.6 is 0 Å². The molecule has 0 radical (unpaired) electrons. The minimum absolute atomic E-state index is 0.314. The summed E-state index contributed by atoms with van der Waals surface area (Å²) in [6, 6.07) is 0. The van der Waals surface area contributed by atoms with Gasteiger partial charge in [0.1, 0.15) is 0 Å². The average molecular weight is 323 g/mol. The Morgan fingerprint density at radius 1 is 1.00 bits per heavy atom. The molecule has 1 aliphatic carbocycles. The highest BCUT2D eigenvalue weighted by atomic mass is 16.2. The average Bonchev–Trinajstić information content (AvgIpc) is 3.05. The predicted molar refractivity (Wildman–Crippen MR) is 94.7 cm³/mol. The van der Waals surface area contributed by atoms with E-state index in [1.807, 2.05) is 38.0 Å². The highest BCUT2D eigenvalue weighted by Crippen LogP contribution is 2.26. The lowest BCUT2D eigenvalue weighted by molar-refractivity contribution is -0.137. The van der Waals surface area contributed by atoms with E-state index >= 15 is 0 Å². The SMILES string of the molecule is CN(C)C(=NCCN1CCN(C(=O)C2CCCC2)CC1)N(C)C. The molecule has 0 atom stereocenters. The Bertz CT molecular complexity index is 397. The first-order valence-corrected chi connectivity index (χ1v) is 8.89. The standard InChI is InChI=1S/C17H33N5O/c1-19(2)17(20(3)4)18-9-10-21-11-13-22(14-12-21)16(23)15-7-5-6-8-15/h15H,5-14H2,1-4H3. The summed E-state index contributed by atoms with van der Waals surface area (Å²) in [6.07, 6.45) is 4.67. The van der Waals surface area contributed by atoms with Gasteiger partial charge in [0.25, 0.3) is 0 Å². The van der Waals surface area contributed by atoms with Gasteiger partial charge in [-0.1, -0.05) is 12.8 Å². The lowest BCUT2D eigenvalue weighted by atomic mass is 10.1. The van der Waals surface area contributed by atoms with Crippen LogP contribution in [0.15, 0.2) is 4.99 Å². The fraction of sp³-hybridized carbons (Fsp3) is 0.882. The lowest BCUT2D eigenvalue weighted by Crippen LogP contribution is -2.50. The number of guanidine groups is 1. The highest BCUT2D eigenvalue weighted by Gasteiger charge is 2.29. The van der Waals surface area contributed by atoms with E-state index < -0.39 is 0 Å². The molecule has 6 nitrogen and oxygen atoms in total. The van der Waals surface area contributed by atoms with E-state index in [-0.39, 0.29) is 0 Å². The zero-order valence-corrected chi connectivity index (χ0v) is 15.3. The van der Waals surface area contributed by atoms with Crippen molar-refractivity contribution in [1.29, 1.82) is 0 Å². The first kappa shape index (κ1) is 18.0. The molecule has 0 spiro atoms. The van der Waals surface area contributed by atoms with Crippen LogP contribution in [-0.2, 0) is 4.79 Å². The minimum Gasteiger partial charge on any atom is -0.349 e. The maximum atomic E-state index is 12.4. The van der Waals surface area contributed by atoms with Gasteiger partial charge in [0, 0.05) is 66.8 Å². The molecule has 23 heavy (non-hydrogen) atoms. The Balaban J connectivity index is 1.72. The maximum Gasteiger partial charge on any atom is 0.225 e. The van der Waals surface area contributed by atoms with E-state index in [0.717, 1.165) is 58.1 Å². The molecule has 0 aromatic rings. The first-order chi connectivity index (χ1) is 11.0. The summed E-state index contributed by atoms with van der Waals surface area (Å²) in [4.78, 5) is 25.7. The molecule has 0 aromatic carbocycles. The molecule has 1 heterocycles. The van der Waals surface area contributed by atoms with Crippen molar-refractivity contribution < 1.29 is 4.79 Å². The maximum absolute atomic E-state index is 12.4. The van der Waals surface area contributed by atoms with Gasteiger partial charge in [-0.25, -0.2) is 0 Å². The fourth-order valence-electron chi connectivity index (χ4n) is 3.60. The van der Waals surface area contributed by atoms with Crippen LogP contribution in [0.1, 0.15) is 25.7 Å². The van der Waals surface area contributed by atoms with Crippen molar-refractivity contribution in [2.24, 2.45) is 10.9 Å². The third-order valence-electron chi connectivity index (χ3n) is 4.86. The predicted octanol–water partition coefficient (Wildman–Crippen LogP) is 0.800. The van der Waals surface area contributed by atoms with Crippen LogP contribution in [0.3, 0.4) is 0 Å². The zero-order chi connectivity index (χ0) is 16.8. The topological polar surface area (TPSA) is 42.4 Å². The van der Waals surface area contributed by atoms with Crippen LogP contribution < -0.4 is 0 Å². The summed E-state index contributed by atoms with van der Waals surface area (Å²) >= 11 is 0. The number of piperazine rings is 1. The number of carbonyl (C=O) groups is 1. The van der Waals surface area contributed by atoms with Gasteiger partial charge in [0.05, 0.1) is 6.54 Å². The Labute approximate surface area is 141 Å². The van der Waals surface area contributed by atoms with Crippen molar-refractivity contribution in [3.63, 3.8) is 0 Å². The molecule has 132 valence electrons. The van der Waals surface area contributed by atoms with Crippen molar-refractivity contribution in [2.45, 2.75) is 25.7 Å². The summed E-state index contributed by atoms with van der Waals surface area (Å²) in [7, 11) is 8.08. The van der Waals surface area contributed by atoms with Crippen molar-refractivity contribution >= 4 is 11.9 Å². The molecule has 2 fully saturated rings. The van der Waals surface area contributed by atoms with Gasteiger partial charge in [-0.05, 0) is 12.8 Å². The summed E-state index contributed by atoms with van der Waals surface area (Å²) in [5, 5.41) is 0. The Morgan fingerprint density at radius 2 is 1.57 bits per heavy atom. The van der Waals surface area contributed by atoms with Gasteiger partial charge in [-0.2, -0.15) is 0 Å². The van der Waals surface area contributed by atoms with Gasteiger partial charge >= 0.3 is 0 Å². The summed E-state index contributed by atoms with van der Waals surface area (Å²) in [5.41, 5.74) is 0. The minimum atomic E-state index is 0.314. The molecule has 0 aromatic heterocycles. The number of aliphatic imine (C=N–C) groups is 1. The number of rotatable bonds is 4. The van der Waals surface area contributed by atoms with Crippen molar-refractivity contribution in [1.82, 2.24) is 19.6 Å². The molecule has 1 saturated carbocycles. The summed E-state index contributed by atoms with van der Waals surface area (Å²) in [5.74, 6) is 1.72. The molecule has 6 heteroatoms. The van der Waals surface area contributed by atoms with Crippen LogP contribution in [0.2, 0.25) is 0 Å². The van der Waals surface area contributed by atoms with Crippen LogP contribution in [0.4, 0.5) is 0 Å². The highest BCUT2D eigenvalue weighted by molar-refractivity contribution is 5.79. The second kappa shape index (κ2) is 8.52. The summed E-state index contributed by atoms with van der Waals surface area (Å²) in [6.45, 7) is 5.50.